The molecule has 76 valence electrons. The van der Waals surface area contributed by atoms with E-state index in [0.717, 1.165) is 6.08 Å². The van der Waals surface area contributed by atoms with Crippen LogP contribution >= 0.6 is 0 Å². The standard InChI is InChI=1S/C7H13NO5/c1-2-5(11)8-7(13)6(12)4(10)3-9/h2,4-6,9-12H,1,3H2,(H,8,13)/t4-,5?,6-/m1/s1. The molecule has 0 radical (unpaired) electrons. The molecule has 0 aromatic heterocycles. The molecule has 0 aliphatic heterocycles. The van der Waals surface area contributed by atoms with Gasteiger partial charge in [-0.05, 0) is 6.08 Å². The number of aliphatic hydroxyl groups excluding tert-OH is 4. The average Bonchev–Trinajstić information content (AvgIpc) is 2.14. The van der Waals surface area contributed by atoms with E-state index in [0.29, 0.717) is 0 Å². The molecule has 1 unspecified atom stereocenters. The van der Waals surface area contributed by atoms with Crippen molar-refractivity contribution in [3.63, 3.8) is 0 Å². The lowest BCUT2D eigenvalue weighted by atomic mass is 10.2. The molecule has 13 heavy (non-hydrogen) atoms. The first kappa shape index (κ1) is 12.0. The number of aliphatic hydroxyl groups is 4. The lowest BCUT2D eigenvalue weighted by molar-refractivity contribution is -0.139. The maximum absolute atomic E-state index is 10.9. The third-order valence-electron chi connectivity index (χ3n) is 1.33. The molecule has 0 spiro atoms. The smallest absolute Gasteiger partial charge is 0.253 e. The van der Waals surface area contributed by atoms with Gasteiger partial charge in [0.25, 0.3) is 5.91 Å². The fourth-order valence-electron chi connectivity index (χ4n) is 0.565. The van der Waals surface area contributed by atoms with E-state index in [1.54, 1.807) is 0 Å². The molecule has 0 saturated carbocycles. The van der Waals surface area contributed by atoms with Crippen molar-refractivity contribution >= 4 is 5.91 Å². The van der Waals surface area contributed by atoms with Crippen molar-refractivity contribution in [2.24, 2.45) is 0 Å². The Morgan fingerprint density at radius 2 is 2.00 bits per heavy atom. The van der Waals surface area contributed by atoms with Crippen LogP contribution in [0.4, 0.5) is 0 Å². The van der Waals surface area contributed by atoms with Gasteiger partial charge in [0.05, 0.1) is 6.61 Å². The van der Waals surface area contributed by atoms with Crippen molar-refractivity contribution in [3.05, 3.63) is 12.7 Å². The van der Waals surface area contributed by atoms with E-state index in [1.807, 2.05) is 5.32 Å². The summed E-state index contributed by atoms with van der Waals surface area (Å²) in [5, 5.41) is 36.9. The van der Waals surface area contributed by atoms with Gasteiger partial charge < -0.3 is 25.7 Å². The number of rotatable bonds is 5. The topological polar surface area (TPSA) is 110 Å². The summed E-state index contributed by atoms with van der Waals surface area (Å²) in [6.45, 7) is 2.44. The van der Waals surface area contributed by atoms with E-state index in [1.165, 1.54) is 0 Å². The van der Waals surface area contributed by atoms with E-state index in [9.17, 15) is 4.79 Å². The van der Waals surface area contributed by atoms with Crippen LogP contribution in [-0.2, 0) is 4.79 Å². The number of carbonyl (C=O) groups is 1. The van der Waals surface area contributed by atoms with E-state index >= 15 is 0 Å². The van der Waals surface area contributed by atoms with Crippen molar-refractivity contribution in [1.82, 2.24) is 5.32 Å². The summed E-state index contributed by atoms with van der Waals surface area (Å²) >= 11 is 0. The Morgan fingerprint density at radius 1 is 1.46 bits per heavy atom. The van der Waals surface area contributed by atoms with Crippen molar-refractivity contribution < 1.29 is 25.2 Å². The van der Waals surface area contributed by atoms with Gasteiger partial charge in [-0.1, -0.05) is 6.58 Å². The Hall–Kier alpha value is -0.950. The highest BCUT2D eigenvalue weighted by atomic mass is 16.4. The lowest BCUT2D eigenvalue weighted by Gasteiger charge is -2.16. The van der Waals surface area contributed by atoms with E-state index in [-0.39, 0.29) is 0 Å². The minimum Gasteiger partial charge on any atom is -0.394 e. The van der Waals surface area contributed by atoms with Gasteiger partial charge in [-0.25, -0.2) is 0 Å². The van der Waals surface area contributed by atoms with Gasteiger partial charge in [-0.2, -0.15) is 0 Å². The molecular weight excluding hydrogens is 178 g/mol. The van der Waals surface area contributed by atoms with Gasteiger partial charge in [-0.15, -0.1) is 0 Å². The molecule has 0 aliphatic rings. The third kappa shape index (κ3) is 4.00. The number of hydrogen-bond donors (Lipinski definition) is 5. The summed E-state index contributed by atoms with van der Waals surface area (Å²) in [5.74, 6) is -0.978. The fourth-order valence-corrected chi connectivity index (χ4v) is 0.565. The highest BCUT2D eigenvalue weighted by Crippen LogP contribution is 1.93. The highest BCUT2D eigenvalue weighted by molar-refractivity contribution is 5.81. The average molecular weight is 191 g/mol. The van der Waals surface area contributed by atoms with Crippen molar-refractivity contribution in [1.29, 1.82) is 0 Å². The molecule has 0 aromatic rings. The molecule has 6 nitrogen and oxygen atoms in total. The van der Waals surface area contributed by atoms with Gasteiger partial charge >= 0.3 is 0 Å². The van der Waals surface area contributed by atoms with Crippen molar-refractivity contribution in [2.45, 2.75) is 18.4 Å². The molecule has 0 saturated heterocycles. The van der Waals surface area contributed by atoms with Gasteiger partial charge in [0.1, 0.15) is 12.3 Å². The Labute approximate surface area is 75.1 Å². The molecule has 5 N–H and O–H groups in total. The van der Waals surface area contributed by atoms with Crippen LogP contribution in [0, 0.1) is 0 Å². The van der Waals surface area contributed by atoms with Gasteiger partial charge in [0.2, 0.25) is 0 Å². The number of nitrogens with one attached hydrogen (secondary N) is 1. The van der Waals surface area contributed by atoms with Gasteiger partial charge in [0.15, 0.2) is 6.10 Å². The summed E-state index contributed by atoms with van der Waals surface area (Å²) in [5.41, 5.74) is 0. The van der Waals surface area contributed by atoms with Gasteiger partial charge in [-0.3, -0.25) is 4.79 Å². The van der Waals surface area contributed by atoms with E-state index in [4.69, 9.17) is 20.4 Å². The zero-order valence-electron chi connectivity index (χ0n) is 6.92. The summed E-state index contributed by atoms with van der Waals surface area (Å²) in [6, 6.07) is 0. The normalized spacial score (nSPS) is 17.2. The van der Waals surface area contributed by atoms with Crippen LogP contribution in [-0.4, -0.2) is 51.4 Å². The molecule has 1 amide bonds. The number of hydrogen-bond acceptors (Lipinski definition) is 5. The summed E-state index contributed by atoms with van der Waals surface area (Å²) in [4.78, 5) is 10.9. The van der Waals surface area contributed by atoms with Gasteiger partial charge in [0, 0.05) is 0 Å². The zero-order chi connectivity index (χ0) is 10.4. The van der Waals surface area contributed by atoms with E-state index < -0.39 is 30.9 Å². The van der Waals surface area contributed by atoms with Crippen molar-refractivity contribution in [3.8, 4) is 0 Å². The van der Waals surface area contributed by atoms with Crippen molar-refractivity contribution in [2.75, 3.05) is 6.61 Å². The Morgan fingerprint density at radius 3 is 2.38 bits per heavy atom. The lowest BCUT2D eigenvalue weighted by Crippen LogP contribution is -2.46. The molecule has 0 aliphatic carbocycles. The summed E-state index contributed by atoms with van der Waals surface area (Å²) < 4.78 is 0. The first-order valence-electron chi connectivity index (χ1n) is 3.61. The largest absolute Gasteiger partial charge is 0.394 e. The molecule has 0 aromatic carbocycles. The summed E-state index contributed by atoms with van der Waals surface area (Å²) in [7, 11) is 0. The van der Waals surface area contributed by atoms with Crippen LogP contribution in [0.5, 0.6) is 0 Å². The first-order chi connectivity index (χ1) is 6.02. The zero-order valence-corrected chi connectivity index (χ0v) is 6.92. The molecule has 0 fully saturated rings. The quantitative estimate of drug-likeness (QED) is 0.240. The molecule has 3 atom stereocenters. The molecular formula is C7H13NO5. The Bertz CT molecular complexity index is 184. The molecule has 0 bridgehead atoms. The van der Waals surface area contributed by atoms with E-state index in [2.05, 4.69) is 6.58 Å². The third-order valence-corrected chi connectivity index (χ3v) is 1.33. The maximum atomic E-state index is 10.9. The monoisotopic (exact) mass is 191 g/mol. The van der Waals surface area contributed by atoms with Crippen LogP contribution in [0.15, 0.2) is 12.7 Å². The summed E-state index contributed by atoms with van der Waals surface area (Å²) in [6.07, 6.45) is -3.57. The number of carbonyl (C=O) groups excluding carboxylic acids is 1. The van der Waals surface area contributed by atoms with Crippen LogP contribution in [0.25, 0.3) is 0 Å². The second-order valence-electron chi connectivity index (χ2n) is 2.38. The molecule has 0 heterocycles. The molecule has 0 rings (SSSR count). The first-order valence-corrected chi connectivity index (χ1v) is 3.61. The fraction of sp³-hybridized carbons (Fsp3) is 0.571. The Kier molecular flexibility index (Phi) is 5.24. The van der Waals surface area contributed by atoms with Crippen LogP contribution in [0.3, 0.4) is 0 Å². The Balaban J connectivity index is 4.03. The predicted octanol–water partition coefficient (Wildman–Crippen LogP) is -2.68. The maximum Gasteiger partial charge on any atom is 0.253 e. The predicted molar refractivity (Wildman–Crippen MR) is 43.4 cm³/mol. The minimum atomic E-state index is -1.76. The van der Waals surface area contributed by atoms with Crippen LogP contribution < -0.4 is 5.32 Å². The van der Waals surface area contributed by atoms with Crippen LogP contribution in [0.2, 0.25) is 0 Å². The second kappa shape index (κ2) is 5.65. The van der Waals surface area contributed by atoms with Crippen LogP contribution in [0.1, 0.15) is 0 Å². The SMILES string of the molecule is C=CC(O)NC(=O)[C@H](O)[C@H](O)CO. The minimum absolute atomic E-state index is 0.737. The highest BCUT2D eigenvalue weighted by Gasteiger charge is 2.24. The number of amides is 1. The molecule has 6 heteroatoms. The second-order valence-corrected chi connectivity index (χ2v) is 2.38.